The van der Waals surface area contributed by atoms with Gasteiger partial charge >= 0.3 is 5.69 Å². The number of nitrogens with one attached hydrogen (secondary N) is 1. The molecule has 1 N–H and O–H groups in total. The molecule has 0 bridgehead atoms. The molecule has 1 aromatic carbocycles. The van der Waals surface area contributed by atoms with Gasteiger partial charge in [0.25, 0.3) is 5.56 Å². The molecule has 0 aliphatic heterocycles. The first-order chi connectivity index (χ1) is 13.4. The van der Waals surface area contributed by atoms with Crippen LogP contribution in [0.4, 0.5) is 0 Å². The van der Waals surface area contributed by atoms with E-state index in [-0.39, 0.29) is 30.6 Å². The van der Waals surface area contributed by atoms with Crippen LogP contribution in [0, 0.1) is 0 Å². The Balaban J connectivity index is 2.10. The Labute approximate surface area is 161 Å². The second-order valence-electron chi connectivity index (χ2n) is 6.70. The average Bonchev–Trinajstić information content (AvgIpc) is 2.68. The number of amides is 1. The Morgan fingerprint density at radius 2 is 1.86 bits per heavy atom. The molecule has 2 heterocycles. The molecule has 8 nitrogen and oxygen atoms in total. The number of fused-ring (bicyclic) bond motifs is 1. The van der Waals surface area contributed by atoms with Gasteiger partial charge in [-0.1, -0.05) is 12.1 Å². The normalized spacial score (nSPS) is 11.0. The van der Waals surface area contributed by atoms with E-state index >= 15 is 0 Å². The van der Waals surface area contributed by atoms with Gasteiger partial charge in [-0.05, 0) is 43.7 Å². The van der Waals surface area contributed by atoms with Gasteiger partial charge in [0.05, 0.1) is 19.2 Å². The number of ether oxygens (including phenoxy) is 1. The minimum atomic E-state index is -0.555. The molecule has 3 rings (SSSR count). The summed E-state index contributed by atoms with van der Waals surface area (Å²) in [7, 11) is 1.56. The van der Waals surface area contributed by atoms with Crippen LogP contribution in [0.3, 0.4) is 0 Å². The molecule has 0 saturated heterocycles. The maximum absolute atomic E-state index is 13.0. The third kappa shape index (κ3) is 3.95. The standard InChI is InChI=1S/C20H22N4O4/c1-13(2)22-17(25)12-23-16-5-4-10-21-18(16)19(26)24(20(23)27)11-14-6-8-15(28-3)9-7-14/h4-10,13H,11-12H2,1-3H3,(H,22,25). The predicted molar refractivity (Wildman–Crippen MR) is 106 cm³/mol. The highest BCUT2D eigenvalue weighted by Gasteiger charge is 2.16. The van der Waals surface area contributed by atoms with Gasteiger partial charge in [0.1, 0.15) is 12.3 Å². The summed E-state index contributed by atoms with van der Waals surface area (Å²) in [5, 5.41) is 2.76. The zero-order valence-corrected chi connectivity index (χ0v) is 16.0. The van der Waals surface area contributed by atoms with E-state index in [0.29, 0.717) is 11.3 Å². The van der Waals surface area contributed by atoms with Crippen LogP contribution in [0.25, 0.3) is 11.0 Å². The SMILES string of the molecule is COc1ccc(Cn2c(=O)c3ncccc3n(CC(=O)NC(C)C)c2=O)cc1. The van der Waals surface area contributed by atoms with Gasteiger partial charge in [0.15, 0.2) is 5.52 Å². The molecule has 0 radical (unpaired) electrons. The van der Waals surface area contributed by atoms with Crippen molar-refractivity contribution in [2.75, 3.05) is 7.11 Å². The van der Waals surface area contributed by atoms with Crippen LogP contribution >= 0.6 is 0 Å². The van der Waals surface area contributed by atoms with Gasteiger partial charge in [-0.2, -0.15) is 0 Å². The maximum Gasteiger partial charge on any atom is 0.332 e. The predicted octanol–water partition coefficient (Wildman–Crippen LogP) is 1.14. The molecule has 8 heteroatoms. The molecule has 0 fully saturated rings. The number of benzene rings is 1. The summed E-state index contributed by atoms with van der Waals surface area (Å²) in [6, 6.07) is 10.3. The first-order valence-corrected chi connectivity index (χ1v) is 8.91. The molecule has 0 aliphatic carbocycles. The highest BCUT2D eigenvalue weighted by Crippen LogP contribution is 2.12. The van der Waals surface area contributed by atoms with E-state index in [1.807, 2.05) is 13.8 Å². The Bertz CT molecular complexity index is 1110. The van der Waals surface area contributed by atoms with Crippen LogP contribution in [0.1, 0.15) is 19.4 Å². The van der Waals surface area contributed by atoms with Gasteiger partial charge in [-0.25, -0.2) is 9.78 Å². The summed E-state index contributed by atoms with van der Waals surface area (Å²) < 4.78 is 7.51. The molecule has 28 heavy (non-hydrogen) atoms. The Kier molecular flexibility index (Phi) is 5.58. The lowest BCUT2D eigenvalue weighted by atomic mass is 10.2. The van der Waals surface area contributed by atoms with Gasteiger partial charge in [-0.15, -0.1) is 0 Å². The highest BCUT2D eigenvalue weighted by molar-refractivity contribution is 5.79. The number of carbonyl (C=O) groups excluding carboxylic acids is 1. The molecule has 0 spiro atoms. The molecular formula is C20H22N4O4. The van der Waals surface area contributed by atoms with Gasteiger partial charge in [0.2, 0.25) is 5.91 Å². The largest absolute Gasteiger partial charge is 0.497 e. The number of methoxy groups -OCH3 is 1. The minimum Gasteiger partial charge on any atom is -0.497 e. The molecular weight excluding hydrogens is 360 g/mol. The molecule has 1 amide bonds. The summed E-state index contributed by atoms with van der Waals surface area (Å²) in [6.07, 6.45) is 1.49. The van der Waals surface area contributed by atoms with Crippen molar-refractivity contribution in [3.8, 4) is 5.75 Å². The van der Waals surface area contributed by atoms with E-state index < -0.39 is 11.2 Å². The lowest BCUT2D eigenvalue weighted by Crippen LogP contribution is -2.43. The molecule has 146 valence electrons. The van der Waals surface area contributed by atoms with E-state index in [0.717, 1.165) is 10.1 Å². The van der Waals surface area contributed by atoms with Crippen LogP contribution in [0.2, 0.25) is 0 Å². The number of rotatable bonds is 6. The van der Waals surface area contributed by atoms with Crippen LogP contribution in [0.15, 0.2) is 52.2 Å². The zero-order valence-electron chi connectivity index (χ0n) is 16.0. The fourth-order valence-corrected chi connectivity index (χ4v) is 2.96. The number of hydrogen-bond donors (Lipinski definition) is 1. The Hall–Kier alpha value is -3.42. The summed E-state index contributed by atoms with van der Waals surface area (Å²) >= 11 is 0. The minimum absolute atomic E-state index is 0.0576. The van der Waals surface area contributed by atoms with Crippen molar-refractivity contribution < 1.29 is 9.53 Å². The van der Waals surface area contributed by atoms with Crippen LogP contribution < -0.4 is 21.3 Å². The average molecular weight is 382 g/mol. The number of carbonyl (C=O) groups is 1. The van der Waals surface area contributed by atoms with E-state index in [1.54, 1.807) is 43.5 Å². The molecule has 0 unspecified atom stereocenters. The topological polar surface area (TPSA) is 95.2 Å². The maximum atomic E-state index is 13.0. The first-order valence-electron chi connectivity index (χ1n) is 8.91. The number of nitrogens with zero attached hydrogens (tertiary/aromatic N) is 3. The Morgan fingerprint density at radius 1 is 1.14 bits per heavy atom. The van der Waals surface area contributed by atoms with Crippen molar-refractivity contribution in [1.29, 1.82) is 0 Å². The van der Waals surface area contributed by atoms with E-state index in [1.165, 1.54) is 10.8 Å². The quantitative estimate of drug-likeness (QED) is 0.690. The monoisotopic (exact) mass is 382 g/mol. The van der Waals surface area contributed by atoms with Crippen LogP contribution in [-0.4, -0.2) is 33.2 Å². The van der Waals surface area contributed by atoms with Crippen molar-refractivity contribution in [2.24, 2.45) is 0 Å². The lowest BCUT2D eigenvalue weighted by molar-refractivity contribution is -0.122. The lowest BCUT2D eigenvalue weighted by Gasteiger charge is -2.15. The van der Waals surface area contributed by atoms with Crippen molar-refractivity contribution in [3.63, 3.8) is 0 Å². The van der Waals surface area contributed by atoms with E-state index in [9.17, 15) is 14.4 Å². The van der Waals surface area contributed by atoms with Crippen molar-refractivity contribution in [3.05, 3.63) is 69.0 Å². The summed E-state index contributed by atoms with van der Waals surface area (Å²) in [5.41, 5.74) is 0.195. The zero-order chi connectivity index (χ0) is 20.3. The van der Waals surface area contributed by atoms with Crippen LogP contribution in [0.5, 0.6) is 5.75 Å². The van der Waals surface area contributed by atoms with Crippen molar-refractivity contribution >= 4 is 16.9 Å². The fraction of sp³-hybridized carbons (Fsp3) is 0.300. The molecule has 0 atom stereocenters. The smallest absolute Gasteiger partial charge is 0.332 e. The third-order valence-corrected chi connectivity index (χ3v) is 4.24. The summed E-state index contributed by atoms with van der Waals surface area (Å²) in [6.45, 7) is 3.55. The number of pyridine rings is 1. The number of aromatic nitrogens is 3. The first kappa shape index (κ1) is 19.3. The second-order valence-corrected chi connectivity index (χ2v) is 6.70. The van der Waals surface area contributed by atoms with Crippen LogP contribution in [-0.2, 0) is 17.9 Å². The molecule has 0 saturated carbocycles. The van der Waals surface area contributed by atoms with E-state index in [4.69, 9.17) is 4.74 Å². The molecule has 3 aromatic rings. The molecule has 2 aromatic heterocycles. The summed E-state index contributed by atoms with van der Waals surface area (Å²) in [5.74, 6) is 0.371. The number of hydrogen-bond acceptors (Lipinski definition) is 5. The van der Waals surface area contributed by atoms with Gasteiger partial charge in [0, 0.05) is 12.2 Å². The Morgan fingerprint density at radius 3 is 2.50 bits per heavy atom. The fourth-order valence-electron chi connectivity index (χ4n) is 2.96. The second kappa shape index (κ2) is 8.08. The highest BCUT2D eigenvalue weighted by atomic mass is 16.5. The van der Waals surface area contributed by atoms with Crippen molar-refractivity contribution in [1.82, 2.24) is 19.4 Å². The van der Waals surface area contributed by atoms with Gasteiger partial charge in [-0.3, -0.25) is 18.7 Å². The molecule has 0 aliphatic rings. The van der Waals surface area contributed by atoms with Gasteiger partial charge < -0.3 is 10.1 Å². The van der Waals surface area contributed by atoms with E-state index in [2.05, 4.69) is 10.3 Å². The summed E-state index contributed by atoms with van der Waals surface area (Å²) in [4.78, 5) is 42.3. The third-order valence-electron chi connectivity index (χ3n) is 4.24. The van der Waals surface area contributed by atoms with Crippen molar-refractivity contribution in [2.45, 2.75) is 33.0 Å².